The number of alkyl carbamates (subject to hydrolysis) is 1. The number of nitrogens with one attached hydrogen (secondary N) is 2. The van der Waals surface area contributed by atoms with E-state index >= 15 is 0 Å². The molecule has 1 fully saturated rings. The fourth-order valence-electron chi connectivity index (χ4n) is 1.86. The Labute approximate surface area is 120 Å². The Morgan fingerprint density at radius 2 is 1.90 bits per heavy atom. The van der Waals surface area contributed by atoms with E-state index in [1.54, 1.807) is 6.92 Å². The molecule has 6 heteroatoms. The fraction of sp³-hybridized carbons (Fsp3) is 0.857. The van der Waals surface area contributed by atoms with Crippen molar-refractivity contribution in [3.63, 3.8) is 0 Å². The lowest BCUT2D eigenvalue weighted by Crippen LogP contribution is -2.48. The van der Waals surface area contributed by atoms with Crippen molar-refractivity contribution in [2.24, 2.45) is 5.92 Å². The summed E-state index contributed by atoms with van der Waals surface area (Å²) >= 11 is 0. The molecule has 2 atom stereocenters. The van der Waals surface area contributed by atoms with Gasteiger partial charge in [0.15, 0.2) is 0 Å². The molecule has 1 rings (SSSR count). The number of carbonyl (C=O) groups excluding carboxylic acids is 2. The van der Waals surface area contributed by atoms with E-state index < -0.39 is 11.7 Å². The van der Waals surface area contributed by atoms with Crippen molar-refractivity contribution in [3.05, 3.63) is 0 Å². The lowest BCUT2D eigenvalue weighted by atomic mass is 10.1. The molecular weight excluding hydrogens is 260 g/mol. The van der Waals surface area contributed by atoms with Crippen molar-refractivity contribution in [3.8, 4) is 0 Å². The van der Waals surface area contributed by atoms with Crippen LogP contribution in [0.1, 0.15) is 40.5 Å². The molecule has 0 spiro atoms. The first-order valence-electron chi connectivity index (χ1n) is 7.03. The largest absolute Gasteiger partial charge is 0.468 e. The number of methoxy groups -OCH3 is 1. The molecule has 0 bridgehead atoms. The van der Waals surface area contributed by atoms with Crippen molar-refractivity contribution < 1.29 is 19.1 Å². The number of hydrogen-bond donors (Lipinski definition) is 2. The summed E-state index contributed by atoms with van der Waals surface area (Å²) in [4.78, 5) is 23.1. The van der Waals surface area contributed by atoms with E-state index in [4.69, 9.17) is 4.74 Å². The van der Waals surface area contributed by atoms with Crippen LogP contribution in [0.5, 0.6) is 0 Å². The second kappa shape index (κ2) is 6.92. The van der Waals surface area contributed by atoms with Crippen LogP contribution in [-0.2, 0) is 14.3 Å². The average molecular weight is 286 g/mol. The van der Waals surface area contributed by atoms with Crippen molar-refractivity contribution in [1.29, 1.82) is 0 Å². The Kier molecular flexibility index (Phi) is 5.80. The van der Waals surface area contributed by atoms with Crippen LogP contribution in [0.25, 0.3) is 0 Å². The minimum absolute atomic E-state index is 0.0167. The van der Waals surface area contributed by atoms with E-state index in [0.717, 1.165) is 12.8 Å². The van der Waals surface area contributed by atoms with Crippen LogP contribution in [0.15, 0.2) is 0 Å². The summed E-state index contributed by atoms with van der Waals surface area (Å²) in [5.74, 6) is 0.150. The Balaban J connectivity index is 2.41. The number of esters is 1. The van der Waals surface area contributed by atoms with E-state index in [0.29, 0.717) is 12.5 Å². The molecule has 1 saturated carbocycles. The molecule has 0 aliphatic heterocycles. The van der Waals surface area contributed by atoms with Gasteiger partial charge in [-0.3, -0.25) is 4.79 Å². The maximum atomic E-state index is 11.8. The molecule has 0 radical (unpaired) electrons. The molecular formula is C14H26N2O4. The summed E-state index contributed by atoms with van der Waals surface area (Å²) in [6.07, 6.45) is 1.77. The predicted octanol–water partition coefficient (Wildman–Crippen LogP) is 1.44. The third-order valence-electron chi connectivity index (χ3n) is 3.09. The van der Waals surface area contributed by atoms with E-state index in [1.165, 1.54) is 7.11 Å². The van der Waals surface area contributed by atoms with Gasteiger partial charge in [0.1, 0.15) is 11.6 Å². The van der Waals surface area contributed by atoms with Crippen LogP contribution in [0, 0.1) is 5.92 Å². The number of rotatable bonds is 6. The number of carbonyl (C=O) groups is 2. The zero-order valence-electron chi connectivity index (χ0n) is 13.0. The number of hydrogen-bond acceptors (Lipinski definition) is 5. The molecule has 0 aromatic heterocycles. The highest BCUT2D eigenvalue weighted by atomic mass is 16.6. The van der Waals surface area contributed by atoms with Gasteiger partial charge in [-0.1, -0.05) is 0 Å². The first-order valence-corrected chi connectivity index (χ1v) is 7.03. The maximum Gasteiger partial charge on any atom is 0.407 e. The summed E-state index contributed by atoms with van der Waals surface area (Å²) in [5.41, 5.74) is -0.509. The summed E-state index contributed by atoms with van der Waals surface area (Å²) in [6.45, 7) is 7.76. The van der Waals surface area contributed by atoms with Crippen molar-refractivity contribution in [1.82, 2.24) is 10.6 Å². The highest BCUT2D eigenvalue weighted by Gasteiger charge is 2.33. The van der Waals surface area contributed by atoms with Gasteiger partial charge in [-0.25, -0.2) is 4.79 Å². The number of amides is 1. The Morgan fingerprint density at radius 3 is 2.35 bits per heavy atom. The third-order valence-corrected chi connectivity index (χ3v) is 3.09. The third kappa shape index (κ3) is 6.23. The van der Waals surface area contributed by atoms with Crippen LogP contribution in [0.4, 0.5) is 4.79 Å². The Morgan fingerprint density at radius 1 is 1.30 bits per heavy atom. The Bertz CT molecular complexity index is 348. The smallest absolute Gasteiger partial charge is 0.407 e. The van der Waals surface area contributed by atoms with Gasteiger partial charge in [0, 0.05) is 12.6 Å². The highest BCUT2D eigenvalue weighted by Crippen LogP contribution is 2.32. The summed E-state index contributed by atoms with van der Waals surface area (Å²) in [6, 6.07) is -0.404. The molecule has 116 valence electrons. The second-order valence-corrected chi connectivity index (χ2v) is 6.24. The summed E-state index contributed by atoms with van der Waals surface area (Å²) in [7, 11) is 1.36. The second-order valence-electron chi connectivity index (χ2n) is 6.24. The quantitative estimate of drug-likeness (QED) is 0.723. The maximum absolute atomic E-state index is 11.8. The van der Waals surface area contributed by atoms with Crippen molar-refractivity contribution in [2.75, 3.05) is 13.7 Å². The van der Waals surface area contributed by atoms with Crippen LogP contribution in [-0.4, -0.2) is 43.4 Å². The van der Waals surface area contributed by atoms with Gasteiger partial charge in [0.25, 0.3) is 0 Å². The van der Waals surface area contributed by atoms with Crippen LogP contribution in [0.3, 0.4) is 0 Å². The van der Waals surface area contributed by atoms with Gasteiger partial charge in [-0.05, 0) is 46.5 Å². The zero-order valence-corrected chi connectivity index (χ0v) is 13.0. The van der Waals surface area contributed by atoms with Crippen molar-refractivity contribution >= 4 is 12.1 Å². The van der Waals surface area contributed by atoms with Crippen molar-refractivity contribution in [2.45, 2.75) is 58.2 Å². The van der Waals surface area contributed by atoms with Gasteiger partial charge in [0.2, 0.25) is 0 Å². The van der Waals surface area contributed by atoms with Gasteiger partial charge in [0.05, 0.1) is 7.11 Å². The molecule has 2 N–H and O–H groups in total. The lowest BCUT2D eigenvalue weighted by molar-refractivity contribution is -0.142. The van der Waals surface area contributed by atoms with Crippen LogP contribution >= 0.6 is 0 Å². The molecule has 6 nitrogen and oxygen atoms in total. The SMILES string of the molecule is COC(=O)C(C)NCC(NC(=O)OC(C)(C)C)C1CC1. The van der Waals surface area contributed by atoms with E-state index in [1.807, 2.05) is 20.8 Å². The average Bonchev–Trinajstić information content (AvgIpc) is 3.14. The zero-order chi connectivity index (χ0) is 15.3. The standard InChI is InChI=1S/C14H26N2O4/c1-9(12(17)19-5)15-8-11(10-6-7-10)16-13(18)20-14(2,3)4/h9-11,15H,6-8H2,1-5H3,(H,16,18). The topological polar surface area (TPSA) is 76.7 Å². The van der Waals surface area contributed by atoms with E-state index in [-0.39, 0.29) is 18.1 Å². The summed E-state index contributed by atoms with van der Waals surface area (Å²) in [5, 5.41) is 5.95. The first-order chi connectivity index (χ1) is 9.23. The molecule has 0 saturated heterocycles. The van der Waals surface area contributed by atoms with E-state index in [2.05, 4.69) is 15.4 Å². The molecule has 20 heavy (non-hydrogen) atoms. The predicted molar refractivity (Wildman–Crippen MR) is 75.4 cm³/mol. The molecule has 1 aliphatic rings. The number of ether oxygens (including phenoxy) is 2. The monoisotopic (exact) mass is 286 g/mol. The lowest BCUT2D eigenvalue weighted by Gasteiger charge is -2.24. The molecule has 0 aromatic rings. The van der Waals surface area contributed by atoms with Gasteiger partial charge in [-0.2, -0.15) is 0 Å². The normalized spacial score (nSPS) is 18.1. The Hall–Kier alpha value is -1.30. The van der Waals surface area contributed by atoms with Gasteiger partial charge in [-0.15, -0.1) is 0 Å². The minimum atomic E-state index is -0.509. The highest BCUT2D eigenvalue weighted by molar-refractivity contribution is 5.75. The molecule has 0 aromatic carbocycles. The van der Waals surface area contributed by atoms with Crippen LogP contribution in [0.2, 0.25) is 0 Å². The van der Waals surface area contributed by atoms with Gasteiger partial charge < -0.3 is 20.1 Å². The molecule has 0 heterocycles. The first kappa shape index (κ1) is 16.8. The molecule has 1 aliphatic carbocycles. The van der Waals surface area contributed by atoms with E-state index in [9.17, 15) is 9.59 Å². The fourth-order valence-corrected chi connectivity index (χ4v) is 1.86. The molecule has 2 unspecified atom stereocenters. The van der Waals surface area contributed by atoms with Gasteiger partial charge >= 0.3 is 12.1 Å². The molecule has 1 amide bonds. The minimum Gasteiger partial charge on any atom is -0.468 e. The summed E-state index contributed by atoms with van der Waals surface area (Å²) < 4.78 is 9.91. The van der Waals surface area contributed by atoms with Crippen LogP contribution < -0.4 is 10.6 Å².